The summed E-state index contributed by atoms with van der Waals surface area (Å²) in [6.07, 6.45) is 3.18. The van der Waals surface area contributed by atoms with Crippen molar-refractivity contribution in [3.05, 3.63) is 71.3 Å². The molecule has 0 amide bonds. The zero-order valence-corrected chi connectivity index (χ0v) is 12.4. The van der Waals surface area contributed by atoms with E-state index in [9.17, 15) is 0 Å². The summed E-state index contributed by atoms with van der Waals surface area (Å²) >= 11 is 6.10. The second kappa shape index (κ2) is 5.97. The van der Waals surface area contributed by atoms with Gasteiger partial charge in [-0.2, -0.15) is 5.10 Å². The first-order valence-corrected chi connectivity index (χ1v) is 7.04. The maximum atomic E-state index is 6.10. The lowest BCUT2D eigenvalue weighted by atomic mass is 10.1. The normalized spacial score (nSPS) is 10.6. The zero-order chi connectivity index (χ0) is 14.7. The van der Waals surface area contributed by atoms with Crippen molar-refractivity contribution in [1.29, 1.82) is 0 Å². The molecule has 106 valence electrons. The SMILES string of the molecule is Cc1cccc(CNc2cc(Cl)ccc2-n2cncn2)c1. The highest BCUT2D eigenvalue weighted by atomic mass is 35.5. The molecular weight excluding hydrogens is 284 g/mol. The molecule has 0 unspecified atom stereocenters. The summed E-state index contributed by atoms with van der Waals surface area (Å²) in [5.41, 5.74) is 4.32. The summed E-state index contributed by atoms with van der Waals surface area (Å²) in [7, 11) is 0. The summed E-state index contributed by atoms with van der Waals surface area (Å²) in [4.78, 5) is 3.98. The van der Waals surface area contributed by atoms with Crippen molar-refractivity contribution < 1.29 is 0 Å². The Balaban J connectivity index is 1.86. The van der Waals surface area contributed by atoms with Crippen LogP contribution in [0, 0.1) is 6.92 Å². The lowest BCUT2D eigenvalue weighted by Gasteiger charge is -2.12. The predicted octanol–water partition coefficient (Wildman–Crippen LogP) is 3.84. The van der Waals surface area contributed by atoms with E-state index in [1.807, 2.05) is 18.2 Å². The molecule has 0 atom stereocenters. The number of benzene rings is 2. The van der Waals surface area contributed by atoms with Crippen LogP contribution >= 0.6 is 11.6 Å². The van der Waals surface area contributed by atoms with Crippen molar-refractivity contribution in [3.63, 3.8) is 0 Å². The summed E-state index contributed by atoms with van der Waals surface area (Å²) in [6.45, 7) is 2.81. The second-order valence-electron chi connectivity index (χ2n) is 4.84. The highest BCUT2D eigenvalue weighted by molar-refractivity contribution is 6.31. The van der Waals surface area contributed by atoms with Gasteiger partial charge in [0, 0.05) is 11.6 Å². The number of hydrogen-bond acceptors (Lipinski definition) is 3. The summed E-state index contributed by atoms with van der Waals surface area (Å²) in [5, 5.41) is 8.27. The van der Waals surface area contributed by atoms with Gasteiger partial charge in [0.25, 0.3) is 0 Å². The molecule has 3 rings (SSSR count). The summed E-state index contributed by atoms with van der Waals surface area (Å²) in [5.74, 6) is 0. The second-order valence-corrected chi connectivity index (χ2v) is 5.28. The van der Waals surface area contributed by atoms with Crippen molar-refractivity contribution in [3.8, 4) is 5.69 Å². The van der Waals surface area contributed by atoms with Gasteiger partial charge in [-0.05, 0) is 30.7 Å². The van der Waals surface area contributed by atoms with Crippen LogP contribution in [0.3, 0.4) is 0 Å². The Morgan fingerprint density at radius 3 is 2.86 bits per heavy atom. The third-order valence-electron chi connectivity index (χ3n) is 3.19. The molecule has 0 saturated heterocycles. The monoisotopic (exact) mass is 298 g/mol. The molecule has 1 N–H and O–H groups in total. The van der Waals surface area contributed by atoms with Gasteiger partial charge in [0.2, 0.25) is 0 Å². The quantitative estimate of drug-likeness (QED) is 0.796. The summed E-state index contributed by atoms with van der Waals surface area (Å²) < 4.78 is 1.72. The molecule has 0 fully saturated rings. The molecule has 4 nitrogen and oxygen atoms in total. The predicted molar refractivity (Wildman–Crippen MR) is 84.9 cm³/mol. The van der Waals surface area contributed by atoms with Crippen LogP contribution in [-0.2, 0) is 6.54 Å². The van der Waals surface area contributed by atoms with E-state index < -0.39 is 0 Å². The average Bonchev–Trinajstić information content (AvgIpc) is 2.99. The molecule has 21 heavy (non-hydrogen) atoms. The zero-order valence-electron chi connectivity index (χ0n) is 11.6. The van der Waals surface area contributed by atoms with Gasteiger partial charge in [-0.1, -0.05) is 41.4 Å². The van der Waals surface area contributed by atoms with E-state index in [1.165, 1.54) is 17.5 Å². The van der Waals surface area contributed by atoms with Crippen LogP contribution in [0.2, 0.25) is 5.02 Å². The molecule has 3 aromatic rings. The Hall–Kier alpha value is -2.33. The number of aryl methyl sites for hydroxylation is 1. The topological polar surface area (TPSA) is 42.7 Å². The molecule has 0 bridgehead atoms. The fourth-order valence-corrected chi connectivity index (χ4v) is 2.37. The van der Waals surface area contributed by atoms with Gasteiger partial charge in [0.1, 0.15) is 12.7 Å². The molecule has 1 heterocycles. The van der Waals surface area contributed by atoms with Crippen LogP contribution in [-0.4, -0.2) is 14.8 Å². The molecule has 0 radical (unpaired) electrons. The molecule has 0 aliphatic rings. The van der Waals surface area contributed by atoms with E-state index in [0.717, 1.165) is 17.9 Å². The summed E-state index contributed by atoms with van der Waals surface area (Å²) in [6, 6.07) is 14.1. The van der Waals surface area contributed by atoms with Crippen LogP contribution in [0.5, 0.6) is 0 Å². The first-order chi connectivity index (χ1) is 10.2. The molecule has 0 saturated carbocycles. The molecule has 0 spiro atoms. The number of nitrogens with one attached hydrogen (secondary N) is 1. The van der Waals surface area contributed by atoms with E-state index >= 15 is 0 Å². The van der Waals surface area contributed by atoms with Gasteiger partial charge in [-0.25, -0.2) is 9.67 Å². The molecule has 2 aromatic carbocycles. The first-order valence-electron chi connectivity index (χ1n) is 6.66. The van der Waals surface area contributed by atoms with Crippen molar-refractivity contribution in [2.24, 2.45) is 0 Å². The van der Waals surface area contributed by atoms with Crippen molar-refractivity contribution >= 4 is 17.3 Å². The van der Waals surface area contributed by atoms with Crippen molar-refractivity contribution in [2.45, 2.75) is 13.5 Å². The van der Waals surface area contributed by atoms with E-state index in [4.69, 9.17) is 11.6 Å². The number of nitrogens with zero attached hydrogens (tertiary/aromatic N) is 3. The third kappa shape index (κ3) is 3.23. The van der Waals surface area contributed by atoms with Crippen LogP contribution in [0.1, 0.15) is 11.1 Å². The van der Waals surface area contributed by atoms with E-state index in [-0.39, 0.29) is 0 Å². The molecule has 0 aliphatic carbocycles. The number of anilines is 1. The largest absolute Gasteiger partial charge is 0.379 e. The van der Waals surface area contributed by atoms with Gasteiger partial charge in [0.05, 0.1) is 11.4 Å². The Morgan fingerprint density at radius 1 is 1.19 bits per heavy atom. The minimum atomic E-state index is 0.686. The van der Waals surface area contributed by atoms with Gasteiger partial charge >= 0.3 is 0 Å². The smallest absolute Gasteiger partial charge is 0.138 e. The van der Waals surface area contributed by atoms with Crippen molar-refractivity contribution in [1.82, 2.24) is 14.8 Å². The van der Waals surface area contributed by atoms with Crippen LogP contribution < -0.4 is 5.32 Å². The van der Waals surface area contributed by atoms with Gasteiger partial charge in [0.15, 0.2) is 0 Å². The highest BCUT2D eigenvalue weighted by Gasteiger charge is 2.06. The van der Waals surface area contributed by atoms with E-state index in [1.54, 1.807) is 11.0 Å². The maximum Gasteiger partial charge on any atom is 0.138 e. The first kappa shape index (κ1) is 13.6. The minimum Gasteiger partial charge on any atom is -0.379 e. The van der Waals surface area contributed by atoms with E-state index in [2.05, 4.69) is 46.6 Å². The maximum absolute atomic E-state index is 6.10. The molecular formula is C16H15ClN4. The Kier molecular flexibility index (Phi) is 3.88. The third-order valence-corrected chi connectivity index (χ3v) is 3.42. The fraction of sp³-hybridized carbons (Fsp3) is 0.125. The van der Waals surface area contributed by atoms with Gasteiger partial charge < -0.3 is 5.32 Å². The molecule has 5 heteroatoms. The standard InChI is InChI=1S/C16H15ClN4/c1-12-3-2-4-13(7-12)9-19-15-8-14(17)5-6-16(15)21-11-18-10-20-21/h2-8,10-11,19H,9H2,1H3. The minimum absolute atomic E-state index is 0.686. The Morgan fingerprint density at radius 2 is 2.10 bits per heavy atom. The lowest BCUT2D eigenvalue weighted by molar-refractivity contribution is 0.878. The molecule has 0 aliphatic heterocycles. The molecule has 1 aromatic heterocycles. The van der Waals surface area contributed by atoms with E-state index in [0.29, 0.717) is 5.02 Å². The number of rotatable bonds is 4. The van der Waals surface area contributed by atoms with Crippen LogP contribution in [0.4, 0.5) is 5.69 Å². The Labute approximate surface area is 128 Å². The average molecular weight is 299 g/mol. The van der Waals surface area contributed by atoms with Crippen molar-refractivity contribution in [2.75, 3.05) is 5.32 Å². The fourth-order valence-electron chi connectivity index (χ4n) is 2.20. The number of aromatic nitrogens is 3. The van der Waals surface area contributed by atoms with Crippen LogP contribution in [0.15, 0.2) is 55.1 Å². The number of hydrogen-bond donors (Lipinski definition) is 1. The van der Waals surface area contributed by atoms with Gasteiger partial charge in [-0.15, -0.1) is 0 Å². The van der Waals surface area contributed by atoms with Crippen LogP contribution in [0.25, 0.3) is 5.69 Å². The van der Waals surface area contributed by atoms with Gasteiger partial charge in [-0.3, -0.25) is 0 Å². The highest BCUT2D eigenvalue weighted by Crippen LogP contribution is 2.24. The lowest BCUT2D eigenvalue weighted by Crippen LogP contribution is -2.05. The Bertz CT molecular complexity index is 738. The number of halogens is 1.